The summed E-state index contributed by atoms with van der Waals surface area (Å²) in [4.78, 5) is 21.6. The Morgan fingerprint density at radius 3 is 2.81 bits per heavy atom. The van der Waals surface area contributed by atoms with Gasteiger partial charge in [0.05, 0.1) is 12.1 Å². The predicted octanol–water partition coefficient (Wildman–Crippen LogP) is 0.199. The van der Waals surface area contributed by atoms with Gasteiger partial charge >= 0.3 is 0 Å². The Labute approximate surface area is 99.0 Å². The minimum atomic E-state index is -0.459. The maximum absolute atomic E-state index is 11.4. The minimum Gasteiger partial charge on any atom is -0.366 e. The van der Waals surface area contributed by atoms with Crippen molar-refractivity contribution in [1.82, 2.24) is 10.6 Å². The number of amides is 1. The number of ether oxygens (including phenoxy) is 1. The van der Waals surface area contributed by atoms with Gasteiger partial charge in [-0.15, -0.1) is 11.6 Å². The lowest BCUT2D eigenvalue weighted by molar-refractivity contribution is -0.128. The van der Waals surface area contributed by atoms with Crippen LogP contribution in [0.1, 0.15) is 13.8 Å². The number of rotatable bonds is 6. The second-order valence-corrected chi connectivity index (χ2v) is 4.32. The van der Waals surface area contributed by atoms with Gasteiger partial charge in [0.1, 0.15) is 18.1 Å². The second-order valence-electron chi connectivity index (χ2n) is 3.85. The molecule has 92 valence electrons. The van der Waals surface area contributed by atoms with Gasteiger partial charge in [0.25, 0.3) is 0 Å². The van der Waals surface area contributed by atoms with Gasteiger partial charge in [0.15, 0.2) is 0 Å². The number of hydrogen-bond donors (Lipinski definition) is 2. The third-order valence-corrected chi connectivity index (χ3v) is 3.01. The molecule has 7 heteroatoms. The van der Waals surface area contributed by atoms with E-state index in [4.69, 9.17) is 16.3 Å². The van der Waals surface area contributed by atoms with E-state index in [1.165, 1.54) is 0 Å². The lowest BCUT2D eigenvalue weighted by atomic mass is 10.2. The van der Waals surface area contributed by atoms with Crippen LogP contribution >= 0.6 is 11.6 Å². The molecule has 1 rings (SSSR count). The summed E-state index contributed by atoms with van der Waals surface area (Å²) >= 11 is 5.77. The molecule has 4 atom stereocenters. The van der Waals surface area contributed by atoms with Crippen molar-refractivity contribution in [3.63, 3.8) is 0 Å². The Balaban J connectivity index is 2.17. The van der Waals surface area contributed by atoms with E-state index in [0.29, 0.717) is 6.54 Å². The van der Waals surface area contributed by atoms with Crippen molar-refractivity contribution in [2.24, 2.45) is 5.18 Å². The lowest BCUT2D eigenvalue weighted by Crippen LogP contribution is -2.62. The highest BCUT2D eigenvalue weighted by atomic mass is 35.5. The molecule has 1 fully saturated rings. The van der Waals surface area contributed by atoms with Crippen molar-refractivity contribution in [2.45, 2.75) is 37.5 Å². The van der Waals surface area contributed by atoms with Crippen molar-refractivity contribution in [3.8, 4) is 0 Å². The molecule has 1 heterocycles. The number of nitrogens with one attached hydrogen (secondary N) is 2. The third-order valence-electron chi connectivity index (χ3n) is 2.56. The van der Waals surface area contributed by atoms with Crippen molar-refractivity contribution < 1.29 is 9.53 Å². The monoisotopic (exact) mass is 249 g/mol. The smallest absolute Gasteiger partial charge is 0.246 e. The lowest BCUT2D eigenvalue weighted by Gasteiger charge is -2.33. The number of carbonyl (C=O) groups is 1. The molecule has 0 aromatic carbocycles. The number of halogens is 1. The van der Waals surface area contributed by atoms with Crippen LogP contribution in [-0.4, -0.2) is 42.7 Å². The highest BCUT2D eigenvalue weighted by Gasteiger charge is 2.29. The fourth-order valence-corrected chi connectivity index (χ4v) is 1.37. The second kappa shape index (κ2) is 6.12. The molecular weight excluding hydrogens is 234 g/mol. The Hall–Kier alpha value is -0.720. The van der Waals surface area contributed by atoms with E-state index in [1.54, 1.807) is 13.8 Å². The van der Waals surface area contributed by atoms with Crippen molar-refractivity contribution in [2.75, 3.05) is 13.2 Å². The van der Waals surface area contributed by atoms with Gasteiger partial charge in [-0.05, 0) is 13.8 Å². The molecule has 1 saturated heterocycles. The first kappa shape index (κ1) is 13.3. The number of alkyl halides is 1. The molecule has 1 amide bonds. The Morgan fingerprint density at radius 1 is 1.69 bits per heavy atom. The summed E-state index contributed by atoms with van der Waals surface area (Å²) in [6.07, 6.45) is -0.366. The Kier molecular flexibility index (Phi) is 5.11. The van der Waals surface area contributed by atoms with Gasteiger partial charge in [0.2, 0.25) is 5.91 Å². The van der Waals surface area contributed by atoms with Crippen molar-refractivity contribution in [3.05, 3.63) is 4.91 Å². The Morgan fingerprint density at radius 2 is 2.38 bits per heavy atom. The zero-order chi connectivity index (χ0) is 12.1. The molecule has 0 bridgehead atoms. The molecule has 0 aliphatic carbocycles. The van der Waals surface area contributed by atoms with Crippen LogP contribution in [0.2, 0.25) is 0 Å². The first-order chi connectivity index (χ1) is 7.54. The summed E-state index contributed by atoms with van der Waals surface area (Å²) in [5, 5.41) is 8.45. The highest BCUT2D eigenvalue weighted by molar-refractivity contribution is 6.21. The van der Waals surface area contributed by atoms with E-state index >= 15 is 0 Å². The van der Waals surface area contributed by atoms with Crippen LogP contribution in [0.5, 0.6) is 0 Å². The van der Waals surface area contributed by atoms with E-state index in [-0.39, 0.29) is 30.2 Å². The standard InChI is InChI=1S/C9H16ClN3O3/c1-5(13-15)6(2)16-4-8(14)12-7-3-11-9(7)10/h5-7,9,11H,3-4H2,1-2H3,(H,12,14)/t5?,6-,7?,9+/m0/s1. The number of carbonyl (C=O) groups excluding carboxylic acids is 1. The fraction of sp³-hybridized carbons (Fsp3) is 0.889. The Bertz CT molecular complexity index is 264. The topological polar surface area (TPSA) is 79.8 Å². The van der Waals surface area contributed by atoms with Crippen molar-refractivity contribution in [1.29, 1.82) is 0 Å². The zero-order valence-electron chi connectivity index (χ0n) is 9.27. The molecule has 0 spiro atoms. The van der Waals surface area contributed by atoms with Gasteiger partial charge in [-0.2, -0.15) is 4.91 Å². The van der Waals surface area contributed by atoms with Gasteiger partial charge in [-0.1, -0.05) is 5.18 Å². The van der Waals surface area contributed by atoms with Crippen LogP contribution in [0.25, 0.3) is 0 Å². The highest BCUT2D eigenvalue weighted by Crippen LogP contribution is 2.08. The number of nitroso groups, excluding NO2 is 1. The quantitative estimate of drug-likeness (QED) is 0.400. The van der Waals surface area contributed by atoms with Crippen LogP contribution in [0, 0.1) is 4.91 Å². The van der Waals surface area contributed by atoms with Crippen LogP contribution < -0.4 is 10.6 Å². The van der Waals surface area contributed by atoms with E-state index in [1.807, 2.05) is 0 Å². The summed E-state index contributed by atoms with van der Waals surface area (Å²) in [5.41, 5.74) is -0.211. The zero-order valence-corrected chi connectivity index (χ0v) is 10.0. The van der Waals surface area contributed by atoms with Gasteiger partial charge in [0, 0.05) is 6.54 Å². The molecule has 6 nitrogen and oxygen atoms in total. The van der Waals surface area contributed by atoms with Gasteiger partial charge in [-0.3, -0.25) is 10.1 Å². The summed E-state index contributed by atoms with van der Waals surface area (Å²) in [6.45, 7) is 3.93. The molecule has 1 aliphatic heterocycles. The van der Waals surface area contributed by atoms with E-state index in [9.17, 15) is 9.70 Å². The first-order valence-corrected chi connectivity index (χ1v) is 5.59. The average Bonchev–Trinajstić information content (AvgIpc) is 2.29. The molecule has 1 aliphatic rings. The van der Waals surface area contributed by atoms with Crippen LogP contribution in [0.4, 0.5) is 0 Å². The summed E-state index contributed by atoms with van der Waals surface area (Å²) in [5.74, 6) is -0.234. The van der Waals surface area contributed by atoms with Crippen LogP contribution in [0.3, 0.4) is 0 Å². The van der Waals surface area contributed by atoms with Crippen LogP contribution in [-0.2, 0) is 9.53 Å². The predicted molar refractivity (Wildman–Crippen MR) is 60.2 cm³/mol. The third kappa shape index (κ3) is 3.70. The van der Waals surface area contributed by atoms with E-state index < -0.39 is 6.04 Å². The molecular formula is C9H16ClN3O3. The molecule has 0 saturated carbocycles. The molecule has 2 N–H and O–H groups in total. The van der Waals surface area contributed by atoms with E-state index in [0.717, 1.165) is 0 Å². The fourth-order valence-electron chi connectivity index (χ4n) is 1.13. The summed E-state index contributed by atoms with van der Waals surface area (Å²) in [7, 11) is 0. The van der Waals surface area contributed by atoms with Gasteiger partial charge in [-0.25, -0.2) is 0 Å². The molecule has 16 heavy (non-hydrogen) atoms. The first-order valence-electron chi connectivity index (χ1n) is 5.15. The largest absolute Gasteiger partial charge is 0.366 e. The molecule has 2 unspecified atom stereocenters. The number of hydrogen-bond acceptors (Lipinski definition) is 5. The minimum absolute atomic E-state index is 0.0466. The van der Waals surface area contributed by atoms with Crippen LogP contribution in [0.15, 0.2) is 5.18 Å². The average molecular weight is 250 g/mol. The van der Waals surface area contributed by atoms with Gasteiger partial charge < -0.3 is 10.1 Å². The summed E-state index contributed by atoms with van der Waals surface area (Å²) < 4.78 is 5.19. The molecule has 0 aromatic rings. The summed E-state index contributed by atoms with van der Waals surface area (Å²) in [6, 6.07) is -0.506. The van der Waals surface area contributed by atoms with Crippen molar-refractivity contribution >= 4 is 17.5 Å². The van der Waals surface area contributed by atoms with E-state index in [2.05, 4.69) is 15.8 Å². The number of nitrogens with zero attached hydrogens (tertiary/aromatic N) is 1. The SMILES string of the molecule is CC(N=O)[C@H](C)OCC(=O)NC1CN[C@H]1Cl. The molecule has 0 aromatic heterocycles. The maximum Gasteiger partial charge on any atom is 0.246 e. The normalized spacial score (nSPS) is 27.7. The molecule has 0 radical (unpaired) electrons. The maximum atomic E-state index is 11.4.